The molecule has 0 heterocycles. The van der Waals surface area contributed by atoms with Crippen LogP contribution in [0.15, 0.2) is 54.6 Å². The van der Waals surface area contributed by atoms with Gasteiger partial charge in [0.15, 0.2) is 0 Å². The summed E-state index contributed by atoms with van der Waals surface area (Å²) in [6.45, 7) is 6.37. The van der Waals surface area contributed by atoms with Crippen LogP contribution in [0, 0.1) is 0 Å². The Kier molecular flexibility index (Phi) is 6.56. The van der Waals surface area contributed by atoms with E-state index in [1.807, 2.05) is 42.5 Å². The molecule has 0 saturated heterocycles. The zero-order chi connectivity index (χ0) is 19.2. The number of methoxy groups -OCH3 is 1. The summed E-state index contributed by atoms with van der Waals surface area (Å²) < 4.78 is 4.85. The second kappa shape index (κ2) is 8.65. The number of rotatable bonds is 6. The van der Waals surface area contributed by atoms with Gasteiger partial charge in [-0.1, -0.05) is 63.2 Å². The predicted octanol–water partition coefficient (Wildman–Crippen LogP) is 3.89. The van der Waals surface area contributed by atoms with Crippen LogP contribution in [0.5, 0.6) is 0 Å². The molecule has 1 N–H and O–H groups in total. The fourth-order valence-corrected chi connectivity index (χ4v) is 2.71. The van der Waals surface area contributed by atoms with Crippen molar-refractivity contribution in [3.05, 3.63) is 71.3 Å². The second-order valence-corrected chi connectivity index (χ2v) is 7.40. The van der Waals surface area contributed by atoms with Gasteiger partial charge in [0.2, 0.25) is 0 Å². The number of esters is 1. The summed E-state index contributed by atoms with van der Waals surface area (Å²) in [7, 11) is 1.34. The topological polar surface area (TPSA) is 55.4 Å². The maximum Gasteiger partial charge on any atom is 0.328 e. The van der Waals surface area contributed by atoms with Gasteiger partial charge in [-0.2, -0.15) is 0 Å². The molecule has 0 aliphatic carbocycles. The Labute approximate surface area is 155 Å². The molecular weight excluding hydrogens is 326 g/mol. The summed E-state index contributed by atoms with van der Waals surface area (Å²) in [5.41, 5.74) is 2.83. The summed E-state index contributed by atoms with van der Waals surface area (Å²) in [5, 5.41) is 2.80. The lowest BCUT2D eigenvalue weighted by molar-refractivity contribution is -0.143. The van der Waals surface area contributed by atoms with E-state index in [4.69, 9.17) is 4.74 Å². The Morgan fingerprint density at radius 1 is 1.00 bits per heavy atom. The van der Waals surface area contributed by atoms with E-state index >= 15 is 0 Å². The van der Waals surface area contributed by atoms with Crippen LogP contribution in [0.25, 0.3) is 0 Å². The van der Waals surface area contributed by atoms with Crippen LogP contribution in [-0.4, -0.2) is 25.0 Å². The van der Waals surface area contributed by atoms with Crippen molar-refractivity contribution in [2.75, 3.05) is 7.11 Å². The van der Waals surface area contributed by atoms with Crippen LogP contribution in [0.4, 0.5) is 0 Å². The number of hydrogen-bond donors (Lipinski definition) is 1. The van der Waals surface area contributed by atoms with E-state index in [9.17, 15) is 9.59 Å². The molecule has 0 aliphatic heterocycles. The van der Waals surface area contributed by atoms with Crippen molar-refractivity contribution in [3.8, 4) is 0 Å². The molecule has 0 spiro atoms. The van der Waals surface area contributed by atoms with Crippen molar-refractivity contribution in [3.63, 3.8) is 0 Å². The number of ether oxygens (including phenoxy) is 1. The Morgan fingerprint density at radius 3 is 2.15 bits per heavy atom. The zero-order valence-electron chi connectivity index (χ0n) is 15.9. The summed E-state index contributed by atoms with van der Waals surface area (Å²) in [4.78, 5) is 24.6. The molecule has 2 aromatic carbocycles. The van der Waals surface area contributed by atoms with E-state index < -0.39 is 12.0 Å². The molecule has 4 heteroatoms. The van der Waals surface area contributed by atoms with E-state index in [0.717, 1.165) is 11.1 Å². The number of nitrogens with one attached hydrogen (secondary N) is 1. The molecule has 0 fully saturated rings. The van der Waals surface area contributed by atoms with Gasteiger partial charge >= 0.3 is 5.97 Å². The number of carbonyl (C=O) groups excluding carboxylic acids is 2. The monoisotopic (exact) mass is 353 g/mol. The standard InChI is InChI=1S/C22H27NO3/c1-22(2,3)18-13-11-17(12-14-18)20(24)23-19(21(25)26-4)15-10-16-8-6-5-7-9-16/h5-9,11-14,19H,10,15H2,1-4H3,(H,23,24)/t19-/m0/s1. The number of aryl methyl sites for hydroxylation is 1. The first-order valence-electron chi connectivity index (χ1n) is 8.84. The maximum absolute atomic E-state index is 12.5. The van der Waals surface area contributed by atoms with Crippen LogP contribution >= 0.6 is 0 Å². The average Bonchev–Trinajstić information content (AvgIpc) is 2.64. The van der Waals surface area contributed by atoms with E-state index in [0.29, 0.717) is 18.4 Å². The molecule has 0 saturated carbocycles. The SMILES string of the molecule is COC(=O)[C@H](CCc1ccccc1)NC(=O)c1ccc(C(C)(C)C)cc1. The smallest absolute Gasteiger partial charge is 0.328 e. The molecule has 138 valence electrons. The molecule has 0 radical (unpaired) electrons. The third-order valence-corrected chi connectivity index (χ3v) is 4.37. The van der Waals surface area contributed by atoms with E-state index in [-0.39, 0.29) is 11.3 Å². The zero-order valence-corrected chi connectivity index (χ0v) is 15.9. The first-order chi connectivity index (χ1) is 12.3. The van der Waals surface area contributed by atoms with E-state index in [2.05, 4.69) is 26.1 Å². The number of hydrogen-bond acceptors (Lipinski definition) is 3. The summed E-state index contributed by atoms with van der Waals surface area (Å²) in [6.07, 6.45) is 1.17. The Bertz CT molecular complexity index is 730. The Hall–Kier alpha value is -2.62. The minimum Gasteiger partial charge on any atom is -0.467 e. The molecule has 1 amide bonds. The van der Waals surface area contributed by atoms with Gasteiger partial charge in [-0.3, -0.25) is 4.79 Å². The van der Waals surface area contributed by atoms with Crippen LogP contribution in [-0.2, 0) is 21.4 Å². The molecule has 2 aromatic rings. The third kappa shape index (κ3) is 5.45. The van der Waals surface area contributed by atoms with Gasteiger partial charge in [-0.05, 0) is 41.5 Å². The predicted molar refractivity (Wildman–Crippen MR) is 103 cm³/mol. The minimum absolute atomic E-state index is 0.0270. The number of benzene rings is 2. The molecule has 2 rings (SSSR count). The van der Waals surface area contributed by atoms with Gasteiger partial charge in [0.05, 0.1) is 7.11 Å². The normalized spacial score (nSPS) is 12.3. The highest BCUT2D eigenvalue weighted by atomic mass is 16.5. The lowest BCUT2D eigenvalue weighted by atomic mass is 9.86. The van der Waals surface area contributed by atoms with Gasteiger partial charge in [0.1, 0.15) is 6.04 Å². The fourth-order valence-electron chi connectivity index (χ4n) is 2.71. The molecule has 0 aliphatic rings. The van der Waals surface area contributed by atoms with Crippen molar-refractivity contribution in [1.29, 1.82) is 0 Å². The molecule has 0 unspecified atom stereocenters. The van der Waals surface area contributed by atoms with Crippen LogP contribution in [0.2, 0.25) is 0 Å². The minimum atomic E-state index is -0.671. The van der Waals surface area contributed by atoms with Crippen molar-refractivity contribution in [2.24, 2.45) is 0 Å². The molecular formula is C22H27NO3. The van der Waals surface area contributed by atoms with Crippen LogP contribution in [0.1, 0.15) is 48.7 Å². The van der Waals surface area contributed by atoms with Crippen molar-refractivity contribution >= 4 is 11.9 Å². The highest BCUT2D eigenvalue weighted by Crippen LogP contribution is 2.22. The average molecular weight is 353 g/mol. The molecule has 1 atom stereocenters. The fraction of sp³-hybridized carbons (Fsp3) is 0.364. The van der Waals surface area contributed by atoms with Gasteiger partial charge in [0, 0.05) is 5.56 Å². The summed E-state index contributed by atoms with van der Waals surface area (Å²) in [6, 6.07) is 16.7. The number of carbonyl (C=O) groups is 2. The maximum atomic E-state index is 12.5. The van der Waals surface area contributed by atoms with Crippen molar-refractivity contribution in [1.82, 2.24) is 5.32 Å². The first kappa shape index (κ1) is 19.7. The molecule has 26 heavy (non-hydrogen) atoms. The first-order valence-corrected chi connectivity index (χ1v) is 8.84. The van der Waals surface area contributed by atoms with E-state index in [1.54, 1.807) is 12.1 Å². The highest BCUT2D eigenvalue weighted by molar-refractivity contribution is 5.96. The van der Waals surface area contributed by atoms with Gasteiger partial charge in [-0.15, -0.1) is 0 Å². The van der Waals surface area contributed by atoms with Crippen LogP contribution < -0.4 is 5.32 Å². The Balaban J connectivity index is 2.05. The van der Waals surface area contributed by atoms with Crippen LogP contribution in [0.3, 0.4) is 0 Å². The molecule has 0 bridgehead atoms. The lowest BCUT2D eigenvalue weighted by Gasteiger charge is -2.20. The van der Waals surface area contributed by atoms with Gasteiger partial charge in [0.25, 0.3) is 5.91 Å². The van der Waals surface area contributed by atoms with Crippen molar-refractivity contribution < 1.29 is 14.3 Å². The second-order valence-electron chi connectivity index (χ2n) is 7.40. The molecule has 4 nitrogen and oxygen atoms in total. The van der Waals surface area contributed by atoms with E-state index in [1.165, 1.54) is 7.11 Å². The third-order valence-electron chi connectivity index (χ3n) is 4.37. The molecule has 0 aromatic heterocycles. The highest BCUT2D eigenvalue weighted by Gasteiger charge is 2.22. The number of amides is 1. The van der Waals surface area contributed by atoms with Gasteiger partial charge in [-0.25, -0.2) is 4.79 Å². The summed E-state index contributed by atoms with van der Waals surface area (Å²) in [5.74, 6) is -0.700. The lowest BCUT2D eigenvalue weighted by Crippen LogP contribution is -2.41. The quantitative estimate of drug-likeness (QED) is 0.802. The summed E-state index contributed by atoms with van der Waals surface area (Å²) >= 11 is 0. The Morgan fingerprint density at radius 2 is 1.62 bits per heavy atom. The largest absolute Gasteiger partial charge is 0.467 e. The van der Waals surface area contributed by atoms with Gasteiger partial charge < -0.3 is 10.1 Å². The van der Waals surface area contributed by atoms with Crippen molar-refractivity contribution in [2.45, 2.75) is 45.1 Å².